The molecular formula is C22H44N4O2. The van der Waals surface area contributed by atoms with E-state index in [0.29, 0.717) is 12.1 Å². The van der Waals surface area contributed by atoms with Crippen molar-refractivity contribution in [1.29, 1.82) is 0 Å². The zero-order valence-electron chi connectivity index (χ0n) is 18.8. The number of likely N-dealkylation sites (tertiary alicyclic amines) is 2. The lowest BCUT2D eigenvalue weighted by molar-refractivity contribution is 0.00982. The van der Waals surface area contributed by atoms with Crippen LogP contribution < -0.4 is 5.32 Å². The van der Waals surface area contributed by atoms with Gasteiger partial charge in [0.2, 0.25) is 0 Å². The Hall–Kier alpha value is -0.850. The highest BCUT2D eigenvalue weighted by molar-refractivity contribution is 5.80. The zero-order chi connectivity index (χ0) is 20.2. The Morgan fingerprint density at radius 3 is 2.32 bits per heavy atom. The summed E-state index contributed by atoms with van der Waals surface area (Å²) >= 11 is 0. The van der Waals surface area contributed by atoms with Crippen molar-refractivity contribution in [3.63, 3.8) is 0 Å². The number of hydrogen-bond donors (Lipinski definition) is 1. The van der Waals surface area contributed by atoms with E-state index >= 15 is 0 Å². The molecule has 6 heteroatoms. The third-order valence-corrected chi connectivity index (χ3v) is 6.47. The summed E-state index contributed by atoms with van der Waals surface area (Å²) in [6.45, 7) is 11.8. The lowest BCUT2D eigenvalue weighted by Crippen LogP contribution is -2.52. The van der Waals surface area contributed by atoms with Gasteiger partial charge in [0, 0.05) is 53.0 Å². The molecule has 2 rings (SSSR count). The van der Waals surface area contributed by atoms with Gasteiger partial charge in [0.25, 0.3) is 0 Å². The number of guanidine groups is 1. The second-order valence-electron chi connectivity index (χ2n) is 8.22. The molecule has 2 heterocycles. The van der Waals surface area contributed by atoms with Crippen LogP contribution in [-0.4, -0.2) is 88.0 Å². The lowest BCUT2D eigenvalue weighted by Gasteiger charge is -2.37. The van der Waals surface area contributed by atoms with Gasteiger partial charge < -0.3 is 19.7 Å². The third-order valence-electron chi connectivity index (χ3n) is 6.47. The molecule has 164 valence electrons. The van der Waals surface area contributed by atoms with Gasteiger partial charge in [-0.3, -0.25) is 9.89 Å². The van der Waals surface area contributed by atoms with Crippen LogP contribution in [0.15, 0.2) is 4.99 Å². The van der Waals surface area contributed by atoms with Crippen molar-refractivity contribution in [2.75, 3.05) is 60.1 Å². The van der Waals surface area contributed by atoms with E-state index in [4.69, 9.17) is 9.47 Å². The van der Waals surface area contributed by atoms with Crippen LogP contribution in [0.4, 0.5) is 0 Å². The first-order chi connectivity index (χ1) is 13.7. The first-order valence-electron chi connectivity index (χ1n) is 11.5. The number of ether oxygens (including phenoxy) is 2. The lowest BCUT2D eigenvalue weighted by atomic mass is 9.93. The third kappa shape index (κ3) is 7.20. The molecule has 1 unspecified atom stereocenters. The molecule has 0 aromatic heterocycles. The maximum atomic E-state index is 6.00. The second-order valence-corrected chi connectivity index (χ2v) is 8.22. The van der Waals surface area contributed by atoms with Gasteiger partial charge in [0.1, 0.15) is 0 Å². The molecule has 0 aromatic rings. The highest BCUT2D eigenvalue weighted by Crippen LogP contribution is 2.22. The Kier molecular flexibility index (Phi) is 11.2. The molecule has 0 aromatic carbocycles. The monoisotopic (exact) mass is 396 g/mol. The minimum atomic E-state index is 0.383. The number of rotatable bonds is 11. The summed E-state index contributed by atoms with van der Waals surface area (Å²) < 4.78 is 11.1. The van der Waals surface area contributed by atoms with Gasteiger partial charge in [-0.15, -0.1) is 0 Å². The van der Waals surface area contributed by atoms with Crippen molar-refractivity contribution >= 4 is 5.96 Å². The van der Waals surface area contributed by atoms with E-state index in [0.717, 1.165) is 64.0 Å². The highest BCUT2D eigenvalue weighted by atomic mass is 16.5. The van der Waals surface area contributed by atoms with E-state index in [2.05, 4.69) is 34.0 Å². The Morgan fingerprint density at radius 2 is 1.75 bits per heavy atom. The van der Waals surface area contributed by atoms with Gasteiger partial charge in [0.15, 0.2) is 5.96 Å². The summed E-state index contributed by atoms with van der Waals surface area (Å²) in [5, 5.41) is 3.72. The largest absolute Gasteiger partial charge is 0.385 e. The maximum absolute atomic E-state index is 6.00. The Balaban J connectivity index is 1.79. The van der Waals surface area contributed by atoms with E-state index < -0.39 is 0 Å². The van der Waals surface area contributed by atoms with Crippen LogP contribution in [0.25, 0.3) is 0 Å². The second kappa shape index (κ2) is 13.4. The molecule has 0 amide bonds. The Bertz CT molecular complexity index is 426. The van der Waals surface area contributed by atoms with E-state index in [1.54, 1.807) is 7.11 Å². The van der Waals surface area contributed by atoms with Gasteiger partial charge in [0.05, 0.1) is 6.10 Å². The Morgan fingerprint density at radius 1 is 1.07 bits per heavy atom. The van der Waals surface area contributed by atoms with Crippen LogP contribution >= 0.6 is 0 Å². The summed E-state index contributed by atoms with van der Waals surface area (Å²) in [6.07, 6.45) is 8.73. The van der Waals surface area contributed by atoms with Crippen LogP contribution in [-0.2, 0) is 9.47 Å². The van der Waals surface area contributed by atoms with E-state index in [9.17, 15) is 0 Å². The Labute approximate surface area is 173 Å². The van der Waals surface area contributed by atoms with E-state index in [1.165, 1.54) is 38.8 Å². The van der Waals surface area contributed by atoms with Crippen molar-refractivity contribution in [1.82, 2.24) is 15.1 Å². The first-order valence-corrected chi connectivity index (χ1v) is 11.5. The van der Waals surface area contributed by atoms with Gasteiger partial charge in [-0.25, -0.2) is 0 Å². The van der Waals surface area contributed by atoms with Gasteiger partial charge in [-0.05, 0) is 51.1 Å². The normalized spacial score (nSPS) is 20.9. The molecule has 0 bridgehead atoms. The van der Waals surface area contributed by atoms with Crippen LogP contribution in [0.2, 0.25) is 0 Å². The molecular weight excluding hydrogens is 352 g/mol. The molecule has 1 atom stereocenters. The molecule has 0 saturated carbocycles. The molecule has 2 aliphatic rings. The minimum Gasteiger partial charge on any atom is -0.385 e. The number of hydrogen-bond acceptors (Lipinski definition) is 4. The standard InChI is InChI=1S/C22H44N4O2/c1-5-19(6-2)21(25-12-7-8-13-25)18-24-22(23-3)26-14-10-20(11-15-26)28-17-9-16-27-4/h19-21H,5-18H2,1-4H3,(H,23,24). The predicted molar refractivity (Wildman–Crippen MR) is 117 cm³/mol. The van der Waals surface area contributed by atoms with E-state index in [1.807, 2.05) is 7.05 Å². The fraction of sp³-hybridized carbons (Fsp3) is 0.955. The van der Waals surface area contributed by atoms with Gasteiger partial charge in [-0.1, -0.05) is 26.7 Å². The van der Waals surface area contributed by atoms with Crippen molar-refractivity contribution < 1.29 is 9.47 Å². The topological polar surface area (TPSA) is 49.3 Å². The smallest absolute Gasteiger partial charge is 0.193 e. The summed E-state index contributed by atoms with van der Waals surface area (Å²) in [7, 11) is 3.66. The van der Waals surface area contributed by atoms with Crippen molar-refractivity contribution in [3.8, 4) is 0 Å². The van der Waals surface area contributed by atoms with Gasteiger partial charge in [-0.2, -0.15) is 0 Å². The van der Waals surface area contributed by atoms with Crippen molar-refractivity contribution in [3.05, 3.63) is 0 Å². The molecule has 2 fully saturated rings. The molecule has 1 N–H and O–H groups in total. The summed E-state index contributed by atoms with van der Waals surface area (Å²) in [6, 6.07) is 0.621. The van der Waals surface area contributed by atoms with Gasteiger partial charge >= 0.3 is 0 Å². The summed E-state index contributed by atoms with van der Waals surface area (Å²) in [5.41, 5.74) is 0. The predicted octanol–water partition coefficient (Wildman–Crippen LogP) is 2.98. The minimum absolute atomic E-state index is 0.383. The first kappa shape index (κ1) is 23.4. The fourth-order valence-corrected chi connectivity index (χ4v) is 4.72. The van der Waals surface area contributed by atoms with Crippen LogP contribution in [0.1, 0.15) is 58.8 Å². The average molecular weight is 397 g/mol. The van der Waals surface area contributed by atoms with Crippen molar-refractivity contribution in [2.24, 2.45) is 10.9 Å². The van der Waals surface area contributed by atoms with Crippen LogP contribution in [0.5, 0.6) is 0 Å². The number of aliphatic imine (C=N–C) groups is 1. The molecule has 28 heavy (non-hydrogen) atoms. The zero-order valence-corrected chi connectivity index (χ0v) is 18.8. The summed E-state index contributed by atoms with van der Waals surface area (Å²) in [4.78, 5) is 9.70. The molecule has 6 nitrogen and oxygen atoms in total. The number of piperidine rings is 1. The average Bonchev–Trinajstić information content (AvgIpc) is 3.26. The number of methoxy groups -OCH3 is 1. The molecule has 0 radical (unpaired) electrons. The molecule has 2 aliphatic heterocycles. The quantitative estimate of drug-likeness (QED) is 0.331. The molecule has 2 saturated heterocycles. The SMILES string of the molecule is CCC(CC)C(CNC(=NC)N1CCC(OCCCOC)CC1)N1CCCC1. The maximum Gasteiger partial charge on any atom is 0.193 e. The summed E-state index contributed by atoms with van der Waals surface area (Å²) in [5.74, 6) is 1.82. The fourth-order valence-electron chi connectivity index (χ4n) is 4.72. The number of nitrogens with one attached hydrogen (secondary N) is 1. The molecule has 0 spiro atoms. The van der Waals surface area contributed by atoms with E-state index in [-0.39, 0.29) is 0 Å². The van der Waals surface area contributed by atoms with Crippen LogP contribution in [0.3, 0.4) is 0 Å². The molecule has 0 aliphatic carbocycles. The van der Waals surface area contributed by atoms with Crippen LogP contribution in [0, 0.1) is 5.92 Å². The number of nitrogens with zero attached hydrogens (tertiary/aromatic N) is 3. The highest BCUT2D eigenvalue weighted by Gasteiger charge is 2.28. The van der Waals surface area contributed by atoms with Crippen molar-refractivity contribution in [2.45, 2.75) is 70.9 Å².